The summed E-state index contributed by atoms with van der Waals surface area (Å²) in [4.78, 5) is 12.0. The van der Waals surface area contributed by atoms with Crippen LogP contribution in [0.5, 0.6) is 0 Å². The lowest BCUT2D eigenvalue weighted by molar-refractivity contribution is 0.0509. The highest BCUT2D eigenvalue weighted by molar-refractivity contribution is 14.1. The third kappa shape index (κ3) is 3.43. The van der Waals surface area contributed by atoms with Gasteiger partial charge in [-0.05, 0) is 56.2 Å². The smallest absolute Gasteiger partial charge is 0.435 e. The maximum Gasteiger partial charge on any atom is 0.435 e. The van der Waals surface area contributed by atoms with Gasteiger partial charge in [0, 0.05) is 0 Å². The molecule has 0 bridgehead atoms. The molecule has 0 fully saturated rings. The Labute approximate surface area is 116 Å². The van der Waals surface area contributed by atoms with E-state index in [1.54, 1.807) is 0 Å². The van der Waals surface area contributed by atoms with Crippen molar-refractivity contribution in [3.63, 3.8) is 0 Å². The van der Waals surface area contributed by atoms with Crippen molar-refractivity contribution in [3.8, 4) is 0 Å². The van der Waals surface area contributed by atoms with Crippen LogP contribution in [-0.4, -0.2) is 21.5 Å². The molecule has 0 spiro atoms. The summed E-state index contributed by atoms with van der Waals surface area (Å²) in [6, 6.07) is 0. The molecule has 1 heterocycles. The lowest BCUT2D eigenvalue weighted by Crippen LogP contribution is -2.28. The van der Waals surface area contributed by atoms with E-state index in [0.717, 1.165) is 27.8 Å². The highest BCUT2D eigenvalue weighted by atomic mass is 127. The van der Waals surface area contributed by atoms with Crippen molar-refractivity contribution in [1.29, 1.82) is 0 Å². The molecule has 0 saturated carbocycles. The van der Waals surface area contributed by atoms with Gasteiger partial charge in [0.15, 0.2) is 0 Å². The predicted molar refractivity (Wildman–Crippen MR) is 75.3 cm³/mol. The second kappa shape index (κ2) is 5.37. The molecule has 0 atom stereocenters. The summed E-state index contributed by atoms with van der Waals surface area (Å²) >= 11 is 2.24. The summed E-state index contributed by atoms with van der Waals surface area (Å²) in [5.74, 6) is 0. The highest BCUT2D eigenvalue weighted by Gasteiger charge is 2.23. The molecule has 17 heavy (non-hydrogen) atoms. The number of aryl methyl sites for hydroxylation is 1. The number of hydrogen-bond donors (Lipinski definition) is 0. The summed E-state index contributed by atoms with van der Waals surface area (Å²) < 4.78 is 7.80. The lowest BCUT2D eigenvalue weighted by Gasteiger charge is -2.19. The van der Waals surface area contributed by atoms with Crippen molar-refractivity contribution in [3.05, 3.63) is 15.0 Å². The van der Waals surface area contributed by atoms with Crippen LogP contribution in [0, 0.1) is 3.57 Å². The average Bonchev–Trinajstić information content (AvgIpc) is 2.52. The van der Waals surface area contributed by atoms with Gasteiger partial charge >= 0.3 is 6.09 Å². The van der Waals surface area contributed by atoms with Crippen LogP contribution in [0.2, 0.25) is 0 Å². The van der Waals surface area contributed by atoms with Crippen molar-refractivity contribution < 1.29 is 9.53 Å². The first-order valence-corrected chi connectivity index (χ1v) is 6.87. The van der Waals surface area contributed by atoms with E-state index in [1.165, 1.54) is 4.68 Å². The van der Waals surface area contributed by atoms with E-state index in [-0.39, 0.29) is 0 Å². The van der Waals surface area contributed by atoms with Gasteiger partial charge in [-0.1, -0.05) is 13.8 Å². The van der Waals surface area contributed by atoms with E-state index in [9.17, 15) is 4.79 Å². The summed E-state index contributed by atoms with van der Waals surface area (Å²) in [6.07, 6.45) is 1.19. The molecule has 0 amide bonds. The van der Waals surface area contributed by atoms with Crippen molar-refractivity contribution >= 4 is 28.7 Å². The van der Waals surface area contributed by atoms with E-state index >= 15 is 0 Å². The number of carbonyl (C=O) groups is 1. The van der Waals surface area contributed by atoms with Crippen molar-refractivity contribution in [2.24, 2.45) is 0 Å². The lowest BCUT2D eigenvalue weighted by atomic mass is 10.2. The third-order valence-electron chi connectivity index (χ3n) is 2.22. The minimum atomic E-state index is -0.494. The van der Waals surface area contributed by atoms with Gasteiger partial charge < -0.3 is 4.74 Å². The van der Waals surface area contributed by atoms with Crippen molar-refractivity contribution in [2.75, 3.05) is 0 Å². The molecule has 0 unspecified atom stereocenters. The van der Waals surface area contributed by atoms with Crippen molar-refractivity contribution in [2.45, 2.75) is 53.1 Å². The molecule has 1 aromatic rings. The summed E-state index contributed by atoms with van der Waals surface area (Å²) in [5.41, 5.74) is 1.39. The Bertz CT molecular complexity index is 419. The molecule has 96 valence electrons. The number of aromatic nitrogens is 2. The topological polar surface area (TPSA) is 44.1 Å². The van der Waals surface area contributed by atoms with Crippen LogP contribution in [0.1, 0.15) is 46.0 Å². The van der Waals surface area contributed by atoms with Gasteiger partial charge in [0.05, 0.1) is 15.0 Å². The predicted octanol–water partition coefficient (Wildman–Crippen LogP) is 3.40. The van der Waals surface area contributed by atoms with Crippen LogP contribution >= 0.6 is 22.6 Å². The number of hydrogen-bond acceptors (Lipinski definition) is 3. The monoisotopic (exact) mass is 350 g/mol. The number of nitrogens with zero attached hydrogens (tertiary/aromatic N) is 2. The Balaban J connectivity index is 3.09. The quantitative estimate of drug-likeness (QED) is 0.768. The van der Waals surface area contributed by atoms with Gasteiger partial charge in [0.1, 0.15) is 5.60 Å². The molecule has 0 N–H and O–H groups in total. The Morgan fingerprint density at radius 2 is 1.94 bits per heavy atom. The SMILES string of the molecule is CCc1nn(C(=O)OC(C)(C)C)c(CC)c1I. The fourth-order valence-electron chi connectivity index (χ4n) is 1.47. The van der Waals surface area contributed by atoms with E-state index in [0.29, 0.717) is 0 Å². The molecule has 0 aliphatic rings. The standard InChI is InChI=1S/C12H19IN2O2/c1-6-8-10(13)9(7-2)15(14-8)11(16)17-12(3,4)5/h6-7H2,1-5H3. The van der Waals surface area contributed by atoms with E-state index in [2.05, 4.69) is 27.7 Å². The minimum Gasteiger partial charge on any atom is -0.442 e. The van der Waals surface area contributed by atoms with E-state index in [1.807, 2.05) is 34.6 Å². The molecule has 1 aromatic heterocycles. The molecule has 0 aliphatic heterocycles. The summed E-state index contributed by atoms with van der Waals surface area (Å²) in [7, 11) is 0. The molecule has 4 nitrogen and oxygen atoms in total. The zero-order valence-corrected chi connectivity index (χ0v) is 13.2. The first-order valence-electron chi connectivity index (χ1n) is 5.79. The Hall–Kier alpha value is -0.590. The highest BCUT2D eigenvalue weighted by Crippen LogP contribution is 2.19. The fraction of sp³-hybridized carbons (Fsp3) is 0.667. The Morgan fingerprint density at radius 1 is 1.35 bits per heavy atom. The number of halogens is 1. The van der Waals surface area contributed by atoms with Crippen molar-refractivity contribution in [1.82, 2.24) is 9.78 Å². The molecule has 0 aromatic carbocycles. The van der Waals surface area contributed by atoms with Crippen LogP contribution in [0.25, 0.3) is 0 Å². The van der Waals surface area contributed by atoms with E-state index < -0.39 is 11.7 Å². The fourth-order valence-corrected chi connectivity index (χ4v) is 2.57. The average molecular weight is 350 g/mol. The second-order valence-corrected chi connectivity index (χ2v) is 5.89. The summed E-state index contributed by atoms with van der Waals surface area (Å²) in [6.45, 7) is 9.60. The maximum absolute atomic E-state index is 12.0. The van der Waals surface area contributed by atoms with Crippen LogP contribution in [0.4, 0.5) is 4.79 Å². The van der Waals surface area contributed by atoms with Gasteiger partial charge in [-0.15, -0.1) is 0 Å². The second-order valence-electron chi connectivity index (χ2n) is 4.81. The normalized spacial score (nSPS) is 11.6. The van der Waals surface area contributed by atoms with Gasteiger partial charge in [0.2, 0.25) is 0 Å². The molecular formula is C12H19IN2O2. The van der Waals surface area contributed by atoms with Crippen LogP contribution < -0.4 is 0 Å². The van der Waals surface area contributed by atoms with Crippen LogP contribution in [0.3, 0.4) is 0 Å². The molecule has 1 rings (SSSR count). The van der Waals surface area contributed by atoms with E-state index in [4.69, 9.17) is 4.74 Å². The molecular weight excluding hydrogens is 331 g/mol. The number of carbonyl (C=O) groups excluding carboxylic acids is 1. The molecule has 0 aliphatic carbocycles. The van der Waals surface area contributed by atoms with Gasteiger partial charge in [-0.3, -0.25) is 0 Å². The molecule has 5 heteroatoms. The van der Waals surface area contributed by atoms with Gasteiger partial charge in [0.25, 0.3) is 0 Å². The first-order chi connectivity index (χ1) is 7.80. The zero-order valence-electron chi connectivity index (χ0n) is 11.0. The molecule has 0 radical (unpaired) electrons. The molecule has 0 saturated heterocycles. The van der Waals surface area contributed by atoms with Crippen LogP contribution in [-0.2, 0) is 17.6 Å². The van der Waals surface area contributed by atoms with Gasteiger partial charge in [-0.2, -0.15) is 9.78 Å². The van der Waals surface area contributed by atoms with Crippen LogP contribution in [0.15, 0.2) is 0 Å². The largest absolute Gasteiger partial charge is 0.442 e. The first kappa shape index (κ1) is 14.5. The number of rotatable bonds is 2. The number of ether oxygens (including phenoxy) is 1. The minimum absolute atomic E-state index is 0.396. The Kier molecular flexibility index (Phi) is 4.57. The Morgan fingerprint density at radius 3 is 2.35 bits per heavy atom. The third-order valence-corrected chi connectivity index (χ3v) is 3.46. The van der Waals surface area contributed by atoms with Gasteiger partial charge in [-0.25, -0.2) is 4.79 Å². The maximum atomic E-state index is 12.0. The summed E-state index contributed by atoms with van der Waals surface area (Å²) in [5, 5.41) is 4.32. The zero-order chi connectivity index (χ0) is 13.2.